The van der Waals surface area contributed by atoms with Gasteiger partial charge in [0.1, 0.15) is 0 Å². The molecular formula is C72H143N5O3. The fourth-order valence-corrected chi connectivity index (χ4v) is 12.4. The van der Waals surface area contributed by atoms with Crippen LogP contribution in [-0.2, 0) is 14.4 Å². The molecule has 0 aliphatic carbocycles. The molecule has 1 aliphatic rings. The lowest BCUT2D eigenvalue weighted by atomic mass is 10.1. The number of amides is 3. The summed E-state index contributed by atoms with van der Waals surface area (Å²) >= 11 is 0. The number of hydrogen-bond acceptors (Lipinski definition) is 5. The highest BCUT2D eigenvalue weighted by Crippen LogP contribution is 2.18. The highest BCUT2D eigenvalue weighted by molar-refractivity contribution is 5.85. The maximum Gasteiger partial charge on any atom is 0.242 e. The van der Waals surface area contributed by atoms with Gasteiger partial charge in [0.2, 0.25) is 17.7 Å². The van der Waals surface area contributed by atoms with E-state index in [1.54, 1.807) is 0 Å². The summed E-state index contributed by atoms with van der Waals surface area (Å²) in [5.41, 5.74) is 0. The zero-order chi connectivity index (χ0) is 57.9. The fraction of sp³-hybridized carbons (Fsp3) is 0.958. The molecule has 80 heavy (non-hydrogen) atoms. The first-order valence-electron chi connectivity index (χ1n) is 36.7. The molecule has 0 aromatic rings. The van der Waals surface area contributed by atoms with Crippen LogP contribution >= 0.6 is 0 Å². The number of carbonyl (C=O) groups excluding carboxylic acids is 3. The lowest BCUT2D eigenvalue weighted by Crippen LogP contribution is -2.54. The van der Waals surface area contributed by atoms with E-state index in [1.165, 1.54) is 308 Å². The van der Waals surface area contributed by atoms with Crippen molar-refractivity contribution >= 4 is 17.7 Å². The maximum atomic E-state index is 14.2. The van der Waals surface area contributed by atoms with Crippen molar-refractivity contribution in [1.29, 1.82) is 0 Å². The van der Waals surface area contributed by atoms with E-state index in [4.69, 9.17) is 0 Å². The third-order valence-corrected chi connectivity index (χ3v) is 18.0. The Morgan fingerprint density at radius 3 is 0.738 bits per heavy atom. The van der Waals surface area contributed by atoms with Crippen LogP contribution in [0.4, 0.5) is 0 Å². The molecule has 474 valence electrons. The lowest BCUT2D eigenvalue weighted by Gasteiger charge is -2.37. The van der Waals surface area contributed by atoms with Gasteiger partial charge in [0, 0.05) is 39.1 Å². The van der Waals surface area contributed by atoms with Gasteiger partial charge in [-0.05, 0) is 71.2 Å². The van der Waals surface area contributed by atoms with Crippen LogP contribution in [-0.4, -0.2) is 121 Å². The SMILES string of the molecule is CCCCCCCCCCCCN(CCCCCCCCCCCC)CCCC(=O)N(CCCCCCCCCCCC)CC(=O)N1CCN(C(=O)CN(CCCCCCCCCCCC)CCCCCCCCCCCC)CC1. The molecule has 3 amide bonds. The van der Waals surface area contributed by atoms with Crippen molar-refractivity contribution in [2.75, 3.05) is 78.5 Å². The molecule has 0 N–H and O–H groups in total. The molecular weight excluding hydrogens is 983 g/mol. The van der Waals surface area contributed by atoms with Gasteiger partial charge in [0.25, 0.3) is 0 Å². The molecule has 8 nitrogen and oxygen atoms in total. The molecule has 1 fully saturated rings. The molecule has 0 unspecified atom stereocenters. The van der Waals surface area contributed by atoms with Crippen molar-refractivity contribution in [2.24, 2.45) is 0 Å². The molecule has 0 atom stereocenters. The second kappa shape index (κ2) is 60.5. The van der Waals surface area contributed by atoms with E-state index in [0.717, 1.165) is 52.0 Å². The highest BCUT2D eigenvalue weighted by Gasteiger charge is 2.27. The van der Waals surface area contributed by atoms with Crippen molar-refractivity contribution in [1.82, 2.24) is 24.5 Å². The van der Waals surface area contributed by atoms with E-state index < -0.39 is 0 Å². The van der Waals surface area contributed by atoms with Gasteiger partial charge in [0.05, 0.1) is 13.1 Å². The average Bonchev–Trinajstić information content (AvgIpc) is 3.47. The number of unbranched alkanes of at least 4 members (excludes halogenated alkanes) is 45. The van der Waals surface area contributed by atoms with E-state index in [0.29, 0.717) is 45.7 Å². The largest absolute Gasteiger partial charge is 0.338 e. The van der Waals surface area contributed by atoms with E-state index in [2.05, 4.69) is 44.4 Å². The van der Waals surface area contributed by atoms with Gasteiger partial charge >= 0.3 is 0 Å². The Balaban J connectivity index is 2.84. The number of piperazine rings is 1. The summed E-state index contributed by atoms with van der Waals surface area (Å²) in [5, 5.41) is 0. The molecule has 0 saturated carbocycles. The quantitative estimate of drug-likeness (QED) is 0.0568. The minimum atomic E-state index is 0.0598. The summed E-state index contributed by atoms with van der Waals surface area (Å²) in [6, 6.07) is 0. The summed E-state index contributed by atoms with van der Waals surface area (Å²) < 4.78 is 0. The highest BCUT2D eigenvalue weighted by atomic mass is 16.2. The standard InChI is InChI=1S/C72H143N5O3/c1-6-11-16-21-26-31-36-41-46-51-58-73(59-52-47-42-37-32-27-22-17-12-7-2)62-56-57-70(78)77(63-55-50-45-40-35-30-25-20-15-10-5)69-72(80)76-66-64-75(65-67-76)71(79)68-74(60-53-48-43-38-33-28-23-18-13-8-3)61-54-49-44-39-34-29-24-19-14-9-4/h6-69H2,1-5H3. The van der Waals surface area contributed by atoms with E-state index in [9.17, 15) is 14.4 Å². The molecule has 1 aliphatic heterocycles. The summed E-state index contributed by atoms with van der Waals surface area (Å²) in [6.07, 6.45) is 67.8. The normalized spacial score (nSPS) is 12.9. The first-order valence-corrected chi connectivity index (χ1v) is 36.7. The number of rotatable bonds is 63. The fourth-order valence-electron chi connectivity index (χ4n) is 12.4. The summed E-state index contributed by atoms with van der Waals surface area (Å²) in [7, 11) is 0. The predicted molar refractivity (Wildman–Crippen MR) is 351 cm³/mol. The molecule has 1 saturated heterocycles. The molecule has 0 radical (unpaired) electrons. The number of hydrogen-bond donors (Lipinski definition) is 0. The van der Waals surface area contributed by atoms with Crippen LogP contribution in [0.5, 0.6) is 0 Å². The maximum absolute atomic E-state index is 14.2. The van der Waals surface area contributed by atoms with Crippen LogP contribution in [0, 0.1) is 0 Å². The minimum Gasteiger partial charge on any atom is -0.338 e. The Morgan fingerprint density at radius 2 is 0.463 bits per heavy atom. The van der Waals surface area contributed by atoms with Crippen molar-refractivity contribution in [3.05, 3.63) is 0 Å². The summed E-state index contributed by atoms with van der Waals surface area (Å²) in [6.45, 7) is 20.4. The summed E-state index contributed by atoms with van der Waals surface area (Å²) in [5.74, 6) is 0.444. The van der Waals surface area contributed by atoms with Crippen molar-refractivity contribution in [3.63, 3.8) is 0 Å². The van der Waals surface area contributed by atoms with Crippen LogP contribution in [0.15, 0.2) is 0 Å². The second-order valence-electron chi connectivity index (χ2n) is 25.7. The first kappa shape index (κ1) is 76.3. The number of nitrogens with zero attached hydrogens (tertiary/aromatic N) is 5. The van der Waals surface area contributed by atoms with Crippen LogP contribution in [0.1, 0.15) is 369 Å². The Labute approximate surface area is 501 Å². The average molecular weight is 1130 g/mol. The van der Waals surface area contributed by atoms with Gasteiger partial charge in [-0.3, -0.25) is 19.3 Å². The molecule has 1 heterocycles. The topological polar surface area (TPSA) is 67.4 Å². The van der Waals surface area contributed by atoms with Crippen molar-refractivity contribution in [2.45, 2.75) is 369 Å². The van der Waals surface area contributed by atoms with Gasteiger partial charge < -0.3 is 19.6 Å². The predicted octanol–water partition coefficient (Wildman–Crippen LogP) is 20.5. The number of carbonyl (C=O) groups is 3. The molecule has 0 bridgehead atoms. The van der Waals surface area contributed by atoms with Crippen LogP contribution < -0.4 is 0 Å². The molecule has 1 rings (SSSR count). The first-order chi connectivity index (χ1) is 39.4. The van der Waals surface area contributed by atoms with Crippen LogP contribution in [0.2, 0.25) is 0 Å². The summed E-state index contributed by atoms with van der Waals surface area (Å²) in [4.78, 5) is 53.3. The molecule has 0 aromatic heterocycles. The van der Waals surface area contributed by atoms with Gasteiger partial charge in [0.15, 0.2) is 0 Å². The zero-order valence-electron chi connectivity index (χ0n) is 55.2. The van der Waals surface area contributed by atoms with Gasteiger partial charge in [-0.25, -0.2) is 0 Å². The van der Waals surface area contributed by atoms with Crippen molar-refractivity contribution < 1.29 is 14.4 Å². The molecule has 0 spiro atoms. The smallest absolute Gasteiger partial charge is 0.242 e. The molecule has 0 aromatic carbocycles. The Bertz CT molecular complexity index is 1260. The zero-order valence-corrected chi connectivity index (χ0v) is 55.2. The van der Waals surface area contributed by atoms with Gasteiger partial charge in [-0.15, -0.1) is 0 Å². The minimum absolute atomic E-state index is 0.0598. The Hall–Kier alpha value is -1.67. The third kappa shape index (κ3) is 48.7. The molecule has 8 heteroatoms. The monoisotopic (exact) mass is 1130 g/mol. The van der Waals surface area contributed by atoms with E-state index in [-0.39, 0.29) is 24.3 Å². The third-order valence-electron chi connectivity index (χ3n) is 18.0. The van der Waals surface area contributed by atoms with Gasteiger partial charge in [-0.1, -0.05) is 324 Å². The van der Waals surface area contributed by atoms with Crippen LogP contribution in [0.25, 0.3) is 0 Å². The van der Waals surface area contributed by atoms with Crippen LogP contribution in [0.3, 0.4) is 0 Å². The Kier molecular flexibility index (Phi) is 57.7. The van der Waals surface area contributed by atoms with E-state index >= 15 is 0 Å². The van der Waals surface area contributed by atoms with Crippen molar-refractivity contribution in [3.8, 4) is 0 Å². The van der Waals surface area contributed by atoms with Gasteiger partial charge in [-0.2, -0.15) is 0 Å². The lowest BCUT2D eigenvalue weighted by molar-refractivity contribution is -0.144. The Morgan fingerprint density at radius 1 is 0.250 bits per heavy atom. The second-order valence-corrected chi connectivity index (χ2v) is 25.7. The van der Waals surface area contributed by atoms with E-state index in [1.807, 2.05) is 14.7 Å².